The minimum Gasteiger partial charge on any atom is -0.444 e. The van der Waals surface area contributed by atoms with E-state index in [9.17, 15) is 9.90 Å². The summed E-state index contributed by atoms with van der Waals surface area (Å²) in [6.07, 6.45) is 7.65. The summed E-state index contributed by atoms with van der Waals surface area (Å²) >= 11 is 6.14. The molecule has 0 aromatic carbocycles. The summed E-state index contributed by atoms with van der Waals surface area (Å²) in [5.74, 6) is 0. The highest BCUT2D eigenvalue weighted by atomic mass is 35.5. The van der Waals surface area contributed by atoms with Crippen LogP contribution in [-0.4, -0.2) is 51.9 Å². The number of nitrogens with one attached hydrogen (secondary N) is 1. The van der Waals surface area contributed by atoms with Gasteiger partial charge in [0, 0.05) is 36.6 Å². The van der Waals surface area contributed by atoms with Crippen molar-refractivity contribution in [2.75, 3.05) is 18.4 Å². The lowest BCUT2D eigenvalue weighted by Gasteiger charge is -2.31. The summed E-state index contributed by atoms with van der Waals surface area (Å²) in [7, 11) is 0. The number of rotatable bonds is 3. The normalized spacial score (nSPS) is 23.2. The largest absolute Gasteiger partial charge is 0.444 e. The molecule has 28 heavy (non-hydrogen) atoms. The van der Waals surface area contributed by atoms with Crippen molar-refractivity contribution in [2.45, 2.75) is 70.6 Å². The molecule has 1 saturated carbocycles. The van der Waals surface area contributed by atoms with Gasteiger partial charge in [-0.2, -0.15) is 0 Å². The van der Waals surface area contributed by atoms with E-state index in [4.69, 9.17) is 16.3 Å². The maximum atomic E-state index is 12.3. The van der Waals surface area contributed by atoms with Crippen molar-refractivity contribution in [3.63, 3.8) is 0 Å². The highest BCUT2D eigenvalue weighted by Crippen LogP contribution is 2.32. The Labute approximate surface area is 171 Å². The van der Waals surface area contributed by atoms with Crippen molar-refractivity contribution in [3.05, 3.63) is 29.1 Å². The van der Waals surface area contributed by atoms with Gasteiger partial charge in [0.1, 0.15) is 10.8 Å². The van der Waals surface area contributed by atoms with Crippen LogP contribution in [0.25, 0.3) is 5.57 Å². The van der Waals surface area contributed by atoms with Crippen LogP contribution in [0.5, 0.6) is 0 Å². The van der Waals surface area contributed by atoms with E-state index in [1.165, 1.54) is 0 Å². The van der Waals surface area contributed by atoms with E-state index in [0.29, 0.717) is 24.3 Å². The monoisotopic (exact) mass is 407 g/mol. The Morgan fingerprint density at radius 2 is 2.04 bits per heavy atom. The van der Waals surface area contributed by atoms with Crippen molar-refractivity contribution in [1.82, 2.24) is 9.88 Å². The lowest BCUT2D eigenvalue weighted by atomic mass is 9.92. The summed E-state index contributed by atoms with van der Waals surface area (Å²) in [6, 6.07) is 2.19. The number of pyridine rings is 1. The van der Waals surface area contributed by atoms with Crippen LogP contribution < -0.4 is 5.32 Å². The number of aromatic nitrogens is 1. The van der Waals surface area contributed by atoms with Crippen molar-refractivity contribution < 1.29 is 14.6 Å². The molecule has 1 aliphatic carbocycles. The third kappa shape index (κ3) is 5.61. The third-order valence-electron chi connectivity index (χ3n) is 5.13. The number of carbonyl (C=O) groups is 1. The number of ether oxygens (including phenoxy) is 1. The first-order valence-electron chi connectivity index (χ1n) is 9.99. The van der Waals surface area contributed by atoms with Gasteiger partial charge in [0.25, 0.3) is 0 Å². The quantitative estimate of drug-likeness (QED) is 0.723. The van der Waals surface area contributed by atoms with Gasteiger partial charge in [-0.1, -0.05) is 17.7 Å². The van der Waals surface area contributed by atoms with Crippen molar-refractivity contribution in [2.24, 2.45) is 0 Å². The average Bonchev–Trinajstić information content (AvgIpc) is 2.63. The van der Waals surface area contributed by atoms with Crippen LogP contribution in [0.2, 0.25) is 5.15 Å². The Kier molecular flexibility index (Phi) is 6.50. The molecule has 1 fully saturated rings. The number of nitrogens with zero attached hydrogens (tertiary/aromatic N) is 2. The molecule has 2 N–H and O–H groups in total. The maximum absolute atomic E-state index is 12.3. The molecular weight excluding hydrogens is 378 g/mol. The van der Waals surface area contributed by atoms with Gasteiger partial charge in [0.05, 0.1) is 6.10 Å². The van der Waals surface area contributed by atoms with E-state index >= 15 is 0 Å². The molecule has 1 amide bonds. The van der Waals surface area contributed by atoms with Gasteiger partial charge in [-0.15, -0.1) is 0 Å². The van der Waals surface area contributed by atoms with E-state index in [1.807, 2.05) is 26.8 Å². The van der Waals surface area contributed by atoms with Gasteiger partial charge in [-0.3, -0.25) is 0 Å². The Morgan fingerprint density at radius 1 is 1.32 bits per heavy atom. The second-order valence-corrected chi connectivity index (χ2v) is 9.00. The summed E-state index contributed by atoms with van der Waals surface area (Å²) < 4.78 is 5.46. The van der Waals surface area contributed by atoms with E-state index in [0.717, 1.165) is 48.9 Å². The number of amides is 1. The predicted octanol–water partition coefficient (Wildman–Crippen LogP) is 4.47. The highest BCUT2D eigenvalue weighted by Gasteiger charge is 2.25. The summed E-state index contributed by atoms with van der Waals surface area (Å²) in [5.41, 5.74) is 2.66. The molecule has 2 aliphatic rings. The van der Waals surface area contributed by atoms with Crippen LogP contribution >= 0.6 is 11.6 Å². The highest BCUT2D eigenvalue weighted by molar-refractivity contribution is 6.29. The van der Waals surface area contributed by atoms with Gasteiger partial charge in [0.15, 0.2) is 0 Å². The Balaban J connectivity index is 1.71. The Hall–Kier alpha value is -1.79. The zero-order valence-corrected chi connectivity index (χ0v) is 17.6. The molecule has 7 heteroatoms. The average molecular weight is 408 g/mol. The van der Waals surface area contributed by atoms with Crippen molar-refractivity contribution in [3.8, 4) is 0 Å². The number of hydrogen-bond acceptors (Lipinski definition) is 5. The number of anilines is 1. The van der Waals surface area contributed by atoms with Gasteiger partial charge in [-0.25, -0.2) is 9.78 Å². The van der Waals surface area contributed by atoms with Gasteiger partial charge >= 0.3 is 6.09 Å². The van der Waals surface area contributed by atoms with Crippen LogP contribution in [0.15, 0.2) is 18.3 Å². The fraction of sp³-hybridized carbons (Fsp3) is 0.619. The van der Waals surface area contributed by atoms with Crippen LogP contribution in [0.1, 0.15) is 58.4 Å². The molecule has 2 heterocycles. The maximum Gasteiger partial charge on any atom is 0.410 e. The van der Waals surface area contributed by atoms with Gasteiger partial charge in [0.2, 0.25) is 0 Å². The molecule has 3 rings (SSSR count). The SMILES string of the molecule is CC(C)(C)OC(=O)N1CC=C(c2cnc(Cl)cc2NC2CCC(O)CC2)CC1. The molecule has 0 saturated heterocycles. The summed E-state index contributed by atoms with van der Waals surface area (Å²) in [4.78, 5) is 18.2. The number of aliphatic hydroxyl groups is 1. The fourth-order valence-electron chi connectivity index (χ4n) is 3.65. The number of hydrogen-bond donors (Lipinski definition) is 2. The smallest absolute Gasteiger partial charge is 0.410 e. The van der Waals surface area contributed by atoms with Crippen LogP contribution in [0, 0.1) is 0 Å². The first kappa shape index (κ1) is 20.9. The second-order valence-electron chi connectivity index (χ2n) is 8.61. The minimum absolute atomic E-state index is 0.182. The molecule has 154 valence electrons. The standard InChI is InChI=1S/C21H30ClN3O3/c1-21(2,3)28-20(27)25-10-8-14(9-11-25)17-13-23-19(22)12-18(17)24-15-4-6-16(26)7-5-15/h8,12-13,15-16,26H,4-7,9-11H2,1-3H3,(H,23,24). The molecule has 1 aromatic rings. The molecule has 0 atom stereocenters. The van der Waals surface area contributed by atoms with Crippen LogP contribution in [0.3, 0.4) is 0 Å². The Morgan fingerprint density at radius 3 is 2.64 bits per heavy atom. The van der Waals surface area contributed by atoms with E-state index in [1.54, 1.807) is 11.1 Å². The van der Waals surface area contributed by atoms with Crippen LogP contribution in [-0.2, 0) is 4.74 Å². The van der Waals surface area contributed by atoms with Crippen molar-refractivity contribution in [1.29, 1.82) is 0 Å². The molecule has 6 nitrogen and oxygen atoms in total. The third-order valence-corrected chi connectivity index (χ3v) is 5.34. The molecule has 0 spiro atoms. The zero-order valence-electron chi connectivity index (χ0n) is 16.9. The van der Waals surface area contributed by atoms with E-state index in [2.05, 4.69) is 16.4 Å². The molecule has 1 aliphatic heterocycles. The van der Waals surface area contributed by atoms with E-state index < -0.39 is 5.60 Å². The number of carbonyl (C=O) groups excluding carboxylic acids is 1. The fourth-order valence-corrected chi connectivity index (χ4v) is 3.81. The lowest BCUT2D eigenvalue weighted by molar-refractivity contribution is 0.0270. The zero-order chi connectivity index (χ0) is 20.3. The summed E-state index contributed by atoms with van der Waals surface area (Å²) in [5, 5.41) is 13.8. The summed E-state index contributed by atoms with van der Waals surface area (Å²) in [6.45, 7) is 6.74. The molecule has 0 radical (unpaired) electrons. The second kappa shape index (κ2) is 8.70. The van der Waals surface area contributed by atoms with Crippen molar-refractivity contribution >= 4 is 29.0 Å². The van der Waals surface area contributed by atoms with Gasteiger partial charge < -0.3 is 20.1 Å². The van der Waals surface area contributed by atoms with E-state index in [-0.39, 0.29) is 12.2 Å². The number of aliphatic hydroxyl groups excluding tert-OH is 1. The first-order chi connectivity index (χ1) is 13.2. The topological polar surface area (TPSA) is 74.7 Å². The molecule has 0 unspecified atom stereocenters. The molecule has 1 aromatic heterocycles. The lowest BCUT2D eigenvalue weighted by Crippen LogP contribution is -2.39. The predicted molar refractivity (Wildman–Crippen MR) is 112 cm³/mol. The van der Waals surface area contributed by atoms with Crippen LogP contribution in [0.4, 0.5) is 10.5 Å². The molecule has 0 bridgehead atoms. The Bertz CT molecular complexity index is 737. The number of halogens is 1. The van der Waals surface area contributed by atoms with Gasteiger partial charge in [-0.05, 0) is 64.5 Å². The minimum atomic E-state index is -0.494. The molecular formula is C21H30ClN3O3. The first-order valence-corrected chi connectivity index (χ1v) is 10.4.